The van der Waals surface area contributed by atoms with E-state index in [0.717, 1.165) is 21.0 Å². The highest BCUT2D eigenvalue weighted by Crippen LogP contribution is 2.21. The monoisotopic (exact) mass is 416 g/mol. The molecule has 1 amide bonds. The molecule has 6 heteroatoms. The molecular formula is C24H20N2O3S. The van der Waals surface area contributed by atoms with Gasteiger partial charge in [-0.15, -0.1) is 6.58 Å². The fraction of sp³-hybridized carbons (Fsp3) is 0.125. The molecule has 3 aromatic carbocycles. The molecule has 5 nitrogen and oxygen atoms in total. The SMILES string of the molecule is C=CCn1c(=NC(=O)c2ccc3ccccc3c2)sc2cc(C(=O)OCC)ccc21. The highest BCUT2D eigenvalue weighted by atomic mass is 32.1. The van der Waals surface area contributed by atoms with Gasteiger partial charge in [0.2, 0.25) is 0 Å². The van der Waals surface area contributed by atoms with Gasteiger partial charge in [-0.25, -0.2) is 4.79 Å². The lowest BCUT2D eigenvalue weighted by molar-refractivity contribution is 0.0526. The van der Waals surface area contributed by atoms with E-state index in [9.17, 15) is 9.59 Å². The zero-order valence-electron chi connectivity index (χ0n) is 16.5. The highest BCUT2D eigenvalue weighted by molar-refractivity contribution is 7.16. The summed E-state index contributed by atoms with van der Waals surface area (Å²) in [5, 5.41) is 2.07. The standard InChI is InChI=1S/C24H20N2O3S/c1-3-13-26-20-12-11-19(23(28)29-4-2)15-21(20)30-24(26)25-22(27)18-10-9-16-7-5-6-8-17(16)14-18/h3,5-12,14-15H,1,4,13H2,2H3. The van der Waals surface area contributed by atoms with E-state index in [4.69, 9.17) is 4.74 Å². The maximum atomic E-state index is 12.9. The molecule has 150 valence electrons. The number of aromatic nitrogens is 1. The van der Waals surface area contributed by atoms with E-state index in [-0.39, 0.29) is 11.9 Å². The topological polar surface area (TPSA) is 60.7 Å². The number of rotatable bonds is 5. The number of nitrogens with zero attached hydrogens (tertiary/aromatic N) is 2. The number of carbonyl (C=O) groups is 2. The van der Waals surface area contributed by atoms with Crippen molar-refractivity contribution in [2.24, 2.45) is 4.99 Å². The second-order valence-corrected chi connectivity index (χ2v) is 7.67. The molecule has 0 spiro atoms. The summed E-state index contributed by atoms with van der Waals surface area (Å²) in [5.74, 6) is -0.676. The molecule has 0 aliphatic rings. The van der Waals surface area contributed by atoms with Crippen molar-refractivity contribution in [3.63, 3.8) is 0 Å². The first-order valence-corrected chi connectivity index (χ1v) is 10.4. The third-order valence-corrected chi connectivity index (χ3v) is 5.74. The first kappa shape index (κ1) is 19.8. The Labute approximate surface area is 177 Å². The minimum Gasteiger partial charge on any atom is -0.462 e. The largest absolute Gasteiger partial charge is 0.462 e. The minimum absolute atomic E-state index is 0.310. The second-order valence-electron chi connectivity index (χ2n) is 6.67. The molecule has 0 N–H and O–H groups in total. The van der Waals surface area contributed by atoms with Gasteiger partial charge in [0.05, 0.1) is 22.4 Å². The zero-order valence-corrected chi connectivity index (χ0v) is 17.3. The number of thiazole rings is 1. The Bertz CT molecular complexity index is 1350. The first-order valence-electron chi connectivity index (χ1n) is 9.60. The number of carbonyl (C=O) groups excluding carboxylic acids is 2. The van der Waals surface area contributed by atoms with Crippen LogP contribution in [0.15, 0.2) is 78.3 Å². The van der Waals surface area contributed by atoms with Crippen LogP contribution in [0.2, 0.25) is 0 Å². The Hall–Kier alpha value is -3.51. The van der Waals surface area contributed by atoms with Crippen molar-refractivity contribution in [3.8, 4) is 0 Å². The summed E-state index contributed by atoms with van der Waals surface area (Å²) < 4.78 is 7.86. The number of benzene rings is 3. The maximum Gasteiger partial charge on any atom is 0.338 e. The van der Waals surface area contributed by atoms with Gasteiger partial charge < -0.3 is 9.30 Å². The summed E-state index contributed by atoms with van der Waals surface area (Å²) in [4.78, 5) is 29.9. The van der Waals surface area contributed by atoms with E-state index in [0.29, 0.717) is 29.1 Å². The van der Waals surface area contributed by atoms with Crippen molar-refractivity contribution >= 4 is 44.2 Å². The fourth-order valence-corrected chi connectivity index (χ4v) is 4.36. The first-order chi connectivity index (χ1) is 14.6. The van der Waals surface area contributed by atoms with E-state index in [1.54, 1.807) is 31.2 Å². The average Bonchev–Trinajstić information content (AvgIpc) is 3.10. The maximum absolute atomic E-state index is 12.9. The smallest absolute Gasteiger partial charge is 0.338 e. The van der Waals surface area contributed by atoms with Gasteiger partial charge in [-0.2, -0.15) is 4.99 Å². The lowest BCUT2D eigenvalue weighted by atomic mass is 10.1. The van der Waals surface area contributed by atoms with Crippen LogP contribution >= 0.6 is 11.3 Å². The van der Waals surface area contributed by atoms with Gasteiger partial charge >= 0.3 is 5.97 Å². The van der Waals surface area contributed by atoms with Crippen molar-refractivity contribution in [2.45, 2.75) is 13.5 Å². The summed E-state index contributed by atoms with van der Waals surface area (Å²) in [7, 11) is 0. The second kappa shape index (κ2) is 8.47. The fourth-order valence-electron chi connectivity index (χ4n) is 3.28. The summed E-state index contributed by atoms with van der Waals surface area (Å²) in [6.07, 6.45) is 1.75. The Morgan fingerprint density at radius 1 is 1.07 bits per heavy atom. The molecule has 0 atom stereocenters. The molecule has 0 aliphatic heterocycles. The number of hydrogen-bond acceptors (Lipinski definition) is 4. The van der Waals surface area contributed by atoms with Gasteiger partial charge in [-0.1, -0.05) is 47.7 Å². The third kappa shape index (κ3) is 3.82. The highest BCUT2D eigenvalue weighted by Gasteiger charge is 2.13. The van der Waals surface area contributed by atoms with Gasteiger partial charge in [-0.05, 0) is 48.0 Å². The number of amides is 1. The number of fused-ring (bicyclic) bond motifs is 2. The van der Waals surface area contributed by atoms with Crippen molar-refractivity contribution in [2.75, 3.05) is 6.61 Å². The molecule has 4 rings (SSSR count). The molecule has 0 saturated carbocycles. The van der Waals surface area contributed by atoms with Gasteiger partial charge in [0, 0.05) is 12.1 Å². The number of ether oxygens (including phenoxy) is 1. The van der Waals surface area contributed by atoms with Crippen LogP contribution in [-0.4, -0.2) is 23.1 Å². The summed E-state index contributed by atoms with van der Waals surface area (Å²) in [5.41, 5.74) is 1.89. The molecule has 4 aromatic rings. The molecule has 0 saturated heterocycles. The van der Waals surface area contributed by atoms with E-state index in [2.05, 4.69) is 11.6 Å². The van der Waals surface area contributed by atoms with Crippen LogP contribution < -0.4 is 4.80 Å². The molecule has 0 radical (unpaired) electrons. The molecule has 30 heavy (non-hydrogen) atoms. The number of allylic oxidation sites excluding steroid dienone is 1. The van der Waals surface area contributed by atoms with Crippen LogP contribution in [0.5, 0.6) is 0 Å². The van der Waals surface area contributed by atoms with Crippen LogP contribution in [-0.2, 0) is 11.3 Å². The lowest BCUT2D eigenvalue weighted by Gasteiger charge is -2.03. The molecule has 0 aliphatic carbocycles. The molecule has 1 heterocycles. The molecular weight excluding hydrogens is 396 g/mol. The van der Waals surface area contributed by atoms with Crippen LogP contribution in [0.25, 0.3) is 21.0 Å². The van der Waals surface area contributed by atoms with Crippen LogP contribution in [0.1, 0.15) is 27.6 Å². The summed E-state index contributed by atoms with van der Waals surface area (Å²) >= 11 is 1.36. The van der Waals surface area contributed by atoms with Gasteiger partial charge in [0.25, 0.3) is 5.91 Å². The van der Waals surface area contributed by atoms with Crippen molar-refractivity contribution in [3.05, 3.63) is 89.2 Å². The predicted octanol–water partition coefficient (Wildman–Crippen LogP) is 4.96. The summed E-state index contributed by atoms with van der Waals surface area (Å²) in [6.45, 7) is 6.40. The van der Waals surface area contributed by atoms with E-state index < -0.39 is 0 Å². The molecule has 0 fully saturated rings. The van der Waals surface area contributed by atoms with Crippen LogP contribution in [0, 0.1) is 0 Å². The van der Waals surface area contributed by atoms with Crippen molar-refractivity contribution in [1.29, 1.82) is 0 Å². The average molecular weight is 417 g/mol. The van der Waals surface area contributed by atoms with Crippen LogP contribution in [0.4, 0.5) is 0 Å². The van der Waals surface area contributed by atoms with Gasteiger partial charge in [0.1, 0.15) is 0 Å². The minimum atomic E-state index is -0.367. The number of hydrogen-bond donors (Lipinski definition) is 0. The Morgan fingerprint density at radius 3 is 2.60 bits per heavy atom. The quantitative estimate of drug-likeness (QED) is 0.341. The van der Waals surface area contributed by atoms with E-state index in [1.165, 1.54) is 11.3 Å². The normalized spacial score (nSPS) is 11.7. The van der Waals surface area contributed by atoms with Gasteiger partial charge in [0.15, 0.2) is 4.80 Å². The third-order valence-electron chi connectivity index (χ3n) is 4.70. The van der Waals surface area contributed by atoms with Gasteiger partial charge in [-0.3, -0.25) is 4.79 Å². The van der Waals surface area contributed by atoms with Crippen molar-refractivity contribution in [1.82, 2.24) is 4.57 Å². The van der Waals surface area contributed by atoms with Crippen LogP contribution in [0.3, 0.4) is 0 Å². The summed E-state index contributed by atoms with van der Waals surface area (Å²) in [6, 6.07) is 18.8. The Balaban J connectivity index is 1.79. The Morgan fingerprint density at radius 2 is 1.83 bits per heavy atom. The number of esters is 1. The van der Waals surface area contributed by atoms with E-state index in [1.807, 2.05) is 47.0 Å². The molecule has 0 unspecified atom stereocenters. The predicted molar refractivity (Wildman–Crippen MR) is 120 cm³/mol. The van der Waals surface area contributed by atoms with E-state index >= 15 is 0 Å². The van der Waals surface area contributed by atoms with Crippen molar-refractivity contribution < 1.29 is 14.3 Å². The molecule has 0 bridgehead atoms. The molecule has 1 aromatic heterocycles. The Kier molecular flexibility index (Phi) is 5.59. The zero-order chi connectivity index (χ0) is 21.1. The lowest BCUT2D eigenvalue weighted by Crippen LogP contribution is -2.16.